The topological polar surface area (TPSA) is 25.8 Å². The lowest BCUT2D eigenvalue weighted by atomic mass is 9.79. The summed E-state index contributed by atoms with van der Waals surface area (Å²) >= 11 is 0. The SMILES string of the molecule is CCCC(C)(CC)Cc1ncccn1. The van der Waals surface area contributed by atoms with Gasteiger partial charge in [0.15, 0.2) is 0 Å². The molecule has 0 radical (unpaired) electrons. The maximum absolute atomic E-state index is 4.28. The molecule has 0 amide bonds. The van der Waals surface area contributed by atoms with E-state index >= 15 is 0 Å². The van der Waals surface area contributed by atoms with Gasteiger partial charge in [-0.15, -0.1) is 0 Å². The summed E-state index contributed by atoms with van der Waals surface area (Å²) in [4.78, 5) is 8.57. The van der Waals surface area contributed by atoms with Crippen molar-refractivity contribution in [2.45, 2.75) is 46.5 Å². The Kier molecular flexibility index (Phi) is 4.05. The van der Waals surface area contributed by atoms with Gasteiger partial charge in [-0.1, -0.05) is 33.6 Å². The predicted molar refractivity (Wildman–Crippen MR) is 59.0 cm³/mol. The number of hydrogen-bond acceptors (Lipinski definition) is 2. The van der Waals surface area contributed by atoms with E-state index in [4.69, 9.17) is 0 Å². The third-order valence-corrected chi connectivity index (χ3v) is 2.91. The van der Waals surface area contributed by atoms with Gasteiger partial charge in [0.1, 0.15) is 5.82 Å². The Labute approximate surface area is 86.8 Å². The van der Waals surface area contributed by atoms with Crippen LogP contribution in [0.25, 0.3) is 0 Å². The maximum atomic E-state index is 4.28. The van der Waals surface area contributed by atoms with E-state index < -0.39 is 0 Å². The molecule has 1 aromatic heterocycles. The third kappa shape index (κ3) is 3.09. The molecule has 2 nitrogen and oxygen atoms in total. The first-order valence-corrected chi connectivity index (χ1v) is 5.46. The van der Waals surface area contributed by atoms with E-state index in [1.165, 1.54) is 19.3 Å². The molecule has 14 heavy (non-hydrogen) atoms. The van der Waals surface area contributed by atoms with E-state index in [2.05, 4.69) is 30.7 Å². The van der Waals surface area contributed by atoms with Crippen LogP contribution in [-0.4, -0.2) is 9.97 Å². The van der Waals surface area contributed by atoms with Gasteiger partial charge in [-0.25, -0.2) is 9.97 Å². The molecule has 0 spiro atoms. The van der Waals surface area contributed by atoms with E-state index in [0.29, 0.717) is 5.41 Å². The average Bonchev–Trinajstić information content (AvgIpc) is 2.20. The van der Waals surface area contributed by atoms with Crippen LogP contribution in [0.4, 0.5) is 0 Å². The van der Waals surface area contributed by atoms with Crippen LogP contribution in [-0.2, 0) is 6.42 Å². The van der Waals surface area contributed by atoms with Crippen LogP contribution in [0.15, 0.2) is 18.5 Å². The summed E-state index contributed by atoms with van der Waals surface area (Å²) in [6.07, 6.45) is 8.32. The molecule has 1 rings (SSSR count). The average molecular weight is 192 g/mol. The lowest BCUT2D eigenvalue weighted by molar-refractivity contribution is 0.273. The van der Waals surface area contributed by atoms with Crippen molar-refractivity contribution in [1.29, 1.82) is 0 Å². The van der Waals surface area contributed by atoms with Crippen molar-refractivity contribution in [3.8, 4) is 0 Å². The number of rotatable bonds is 5. The first kappa shape index (κ1) is 11.2. The molecule has 78 valence electrons. The molecule has 1 aromatic rings. The highest BCUT2D eigenvalue weighted by Gasteiger charge is 2.22. The summed E-state index contributed by atoms with van der Waals surface area (Å²) in [5.41, 5.74) is 0.371. The highest BCUT2D eigenvalue weighted by atomic mass is 14.9. The fourth-order valence-corrected chi connectivity index (χ4v) is 1.80. The van der Waals surface area contributed by atoms with Crippen molar-refractivity contribution >= 4 is 0 Å². The minimum Gasteiger partial charge on any atom is -0.241 e. The summed E-state index contributed by atoms with van der Waals surface area (Å²) in [5, 5.41) is 0. The van der Waals surface area contributed by atoms with E-state index in [0.717, 1.165) is 12.2 Å². The van der Waals surface area contributed by atoms with Crippen LogP contribution in [0.3, 0.4) is 0 Å². The van der Waals surface area contributed by atoms with E-state index in [9.17, 15) is 0 Å². The zero-order valence-corrected chi connectivity index (χ0v) is 9.45. The van der Waals surface area contributed by atoms with Gasteiger partial charge in [0.05, 0.1) is 0 Å². The van der Waals surface area contributed by atoms with Crippen molar-refractivity contribution in [2.75, 3.05) is 0 Å². The van der Waals surface area contributed by atoms with Crippen molar-refractivity contribution in [3.05, 3.63) is 24.3 Å². The first-order chi connectivity index (χ1) is 6.70. The molecule has 1 unspecified atom stereocenters. The quantitative estimate of drug-likeness (QED) is 0.715. The monoisotopic (exact) mass is 192 g/mol. The van der Waals surface area contributed by atoms with Crippen LogP contribution in [0.2, 0.25) is 0 Å². The molecule has 0 aromatic carbocycles. The number of nitrogens with zero attached hydrogens (tertiary/aromatic N) is 2. The smallest absolute Gasteiger partial charge is 0.128 e. The lowest BCUT2D eigenvalue weighted by Gasteiger charge is -2.26. The van der Waals surface area contributed by atoms with Crippen LogP contribution in [0.5, 0.6) is 0 Å². The molecule has 2 heteroatoms. The maximum Gasteiger partial charge on any atom is 0.128 e. The molecular formula is C12H20N2. The molecule has 0 saturated carbocycles. The van der Waals surface area contributed by atoms with Crippen molar-refractivity contribution in [2.24, 2.45) is 5.41 Å². The zero-order valence-electron chi connectivity index (χ0n) is 9.45. The Morgan fingerprint density at radius 1 is 1.21 bits per heavy atom. The second-order valence-electron chi connectivity index (χ2n) is 4.26. The Morgan fingerprint density at radius 3 is 2.36 bits per heavy atom. The second kappa shape index (κ2) is 5.08. The number of aromatic nitrogens is 2. The van der Waals surface area contributed by atoms with Crippen LogP contribution < -0.4 is 0 Å². The van der Waals surface area contributed by atoms with Gasteiger partial charge in [-0.3, -0.25) is 0 Å². The standard InChI is InChI=1S/C12H20N2/c1-4-7-12(3,5-2)10-11-13-8-6-9-14-11/h6,8-9H,4-5,7,10H2,1-3H3. The van der Waals surface area contributed by atoms with Gasteiger partial charge >= 0.3 is 0 Å². The molecule has 1 atom stereocenters. The van der Waals surface area contributed by atoms with Gasteiger partial charge in [0.25, 0.3) is 0 Å². The Morgan fingerprint density at radius 2 is 1.86 bits per heavy atom. The molecule has 0 saturated heterocycles. The normalized spacial score (nSPS) is 15.1. The highest BCUT2D eigenvalue weighted by molar-refractivity contribution is 4.93. The molecule has 0 aliphatic rings. The van der Waals surface area contributed by atoms with Crippen molar-refractivity contribution in [1.82, 2.24) is 9.97 Å². The zero-order chi connectivity index (χ0) is 10.4. The fourth-order valence-electron chi connectivity index (χ4n) is 1.80. The van der Waals surface area contributed by atoms with E-state index in [-0.39, 0.29) is 0 Å². The van der Waals surface area contributed by atoms with Gasteiger partial charge < -0.3 is 0 Å². The second-order valence-corrected chi connectivity index (χ2v) is 4.26. The van der Waals surface area contributed by atoms with Crippen molar-refractivity contribution in [3.63, 3.8) is 0 Å². The molecule has 0 aliphatic carbocycles. The van der Waals surface area contributed by atoms with E-state index in [1.807, 2.05) is 18.5 Å². The minimum absolute atomic E-state index is 0.371. The van der Waals surface area contributed by atoms with E-state index in [1.54, 1.807) is 0 Å². The van der Waals surface area contributed by atoms with Crippen molar-refractivity contribution < 1.29 is 0 Å². The summed E-state index contributed by atoms with van der Waals surface area (Å²) in [5.74, 6) is 0.977. The van der Waals surface area contributed by atoms with Gasteiger partial charge in [0.2, 0.25) is 0 Å². The first-order valence-electron chi connectivity index (χ1n) is 5.46. The van der Waals surface area contributed by atoms with Crippen LogP contribution in [0.1, 0.15) is 45.9 Å². The number of hydrogen-bond donors (Lipinski definition) is 0. The lowest BCUT2D eigenvalue weighted by Crippen LogP contribution is -2.19. The minimum atomic E-state index is 0.371. The molecule has 1 heterocycles. The Bertz CT molecular complexity index is 258. The Hall–Kier alpha value is -0.920. The molecule has 0 aliphatic heterocycles. The summed E-state index contributed by atoms with van der Waals surface area (Å²) < 4.78 is 0. The third-order valence-electron chi connectivity index (χ3n) is 2.91. The molecule has 0 fully saturated rings. The predicted octanol–water partition coefficient (Wildman–Crippen LogP) is 3.24. The molecular weight excluding hydrogens is 172 g/mol. The fraction of sp³-hybridized carbons (Fsp3) is 0.667. The Balaban J connectivity index is 2.65. The summed E-state index contributed by atoms with van der Waals surface area (Å²) in [6, 6.07) is 1.87. The van der Waals surface area contributed by atoms with Crippen LogP contribution in [0, 0.1) is 5.41 Å². The summed E-state index contributed by atoms with van der Waals surface area (Å²) in [7, 11) is 0. The summed E-state index contributed by atoms with van der Waals surface area (Å²) in [6.45, 7) is 6.81. The molecule has 0 N–H and O–H groups in total. The van der Waals surface area contributed by atoms with Crippen LogP contribution >= 0.6 is 0 Å². The highest BCUT2D eigenvalue weighted by Crippen LogP contribution is 2.30. The molecule has 0 bridgehead atoms. The largest absolute Gasteiger partial charge is 0.241 e. The van der Waals surface area contributed by atoms with Gasteiger partial charge in [0, 0.05) is 18.8 Å². The van der Waals surface area contributed by atoms with Gasteiger partial charge in [-0.2, -0.15) is 0 Å². The van der Waals surface area contributed by atoms with Gasteiger partial charge in [-0.05, 0) is 17.9 Å².